The highest BCUT2D eigenvalue weighted by Gasteiger charge is 2.66. The molecule has 0 aliphatic carbocycles. The quantitative estimate of drug-likeness (QED) is 0.315. The highest BCUT2D eigenvalue weighted by atomic mass is 32.2. The largest absolute Gasteiger partial charge is 0.743 e. The molecule has 25 heavy (non-hydrogen) atoms. The maximum atomic E-state index is 12.8. The van der Waals surface area contributed by atoms with Gasteiger partial charge in [-0.05, 0) is 34.1 Å². The Morgan fingerprint density at radius 1 is 0.920 bits per heavy atom. The molecule has 1 unspecified atom stereocenters. The van der Waals surface area contributed by atoms with Crippen molar-refractivity contribution in [1.29, 1.82) is 0 Å². The van der Waals surface area contributed by atoms with Gasteiger partial charge in [0.1, 0.15) is 0 Å². The van der Waals surface area contributed by atoms with E-state index >= 15 is 0 Å². The lowest BCUT2D eigenvalue weighted by atomic mass is 10.1. The molecule has 0 aromatic carbocycles. The van der Waals surface area contributed by atoms with E-state index in [0.29, 0.717) is 0 Å². The minimum absolute atomic E-state index is 0.119. The third kappa shape index (κ3) is 6.97. The molecular weight excluding hydrogens is 369 g/mol. The molecule has 0 heterocycles. The van der Waals surface area contributed by atoms with Crippen molar-refractivity contribution < 1.29 is 39.4 Å². The normalized spacial score (nSPS) is 14.7. The van der Waals surface area contributed by atoms with Crippen LogP contribution in [0.2, 0.25) is 0 Å². The molecule has 0 fully saturated rings. The molecule has 0 bridgehead atoms. The monoisotopic (exact) mass is 399 g/mol. The summed E-state index contributed by atoms with van der Waals surface area (Å²) in [7, 11) is -6.60. The fourth-order valence-electron chi connectivity index (χ4n) is 2.26. The SMILES string of the molecule is CCCCC(F)C(F)(F)C(F)(F)S(=O)(=O)[O-].CC[N+](CC)(CC)CC. The van der Waals surface area contributed by atoms with Gasteiger partial charge < -0.3 is 9.04 Å². The predicted molar refractivity (Wildman–Crippen MR) is 86.4 cm³/mol. The lowest BCUT2D eigenvalue weighted by Crippen LogP contribution is -2.52. The van der Waals surface area contributed by atoms with E-state index in [1.807, 2.05) is 0 Å². The summed E-state index contributed by atoms with van der Waals surface area (Å²) in [5.74, 6) is -5.51. The number of rotatable bonds is 10. The summed E-state index contributed by atoms with van der Waals surface area (Å²) in [4.78, 5) is 0. The fraction of sp³-hybridized carbons (Fsp3) is 1.00. The van der Waals surface area contributed by atoms with Crippen LogP contribution in [0.4, 0.5) is 22.0 Å². The first-order valence-corrected chi connectivity index (χ1v) is 9.83. The standard InChI is InChI=1S/C8H20N.C7H11F5O3S/c1-5-9(6-2,7-3)8-4;1-2-3-4-5(8)6(9,10)7(11,12)16(13,14)15/h5-8H2,1-4H3;5H,2-4H2,1H3,(H,13,14,15)/q+1;/p-1. The van der Waals surface area contributed by atoms with Crippen LogP contribution in [0.3, 0.4) is 0 Å². The van der Waals surface area contributed by atoms with E-state index in [2.05, 4.69) is 27.7 Å². The van der Waals surface area contributed by atoms with Gasteiger partial charge >= 0.3 is 11.2 Å². The zero-order valence-corrected chi connectivity index (χ0v) is 16.3. The van der Waals surface area contributed by atoms with E-state index in [4.69, 9.17) is 0 Å². The summed E-state index contributed by atoms with van der Waals surface area (Å²) >= 11 is 0. The Morgan fingerprint density at radius 2 is 1.28 bits per heavy atom. The molecule has 0 spiro atoms. The molecule has 10 heteroatoms. The molecular formula is C15H30F5NO3S. The Bertz CT molecular complexity index is 450. The van der Waals surface area contributed by atoms with Gasteiger partial charge in [0.25, 0.3) is 0 Å². The van der Waals surface area contributed by atoms with Crippen LogP contribution in [0.1, 0.15) is 53.9 Å². The van der Waals surface area contributed by atoms with E-state index in [1.54, 1.807) is 0 Å². The maximum Gasteiger partial charge on any atom is 0.399 e. The Hall–Kier alpha value is -0.480. The van der Waals surface area contributed by atoms with Crippen LogP contribution in [0.15, 0.2) is 0 Å². The highest BCUT2D eigenvalue weighted by molar-refractivity contribution is 7.86. The number of nitrogens with zero attached hydrogens (tertiary/aromatic N) is 1. The predicted octanol–water partition coefficient (Wildman–Crippen LogP) is 4.17. The number of quaternary nitrogens is 1. The molecule has 154 valence electrons. The van der Waals surface area contributed by atoms with Gasteiger partial charge in [-0.2, -0.15) is 17.6 Å². The molecule has 4 nitrogen and oxygen atoms in total. The first-order valence-electron chi connectivity index (χ1n) is 8.43. The van der Waals surface area contributed by atoms with Crippen molar-refractivity contribution in [3.8, 4) is 0 Å². The number of halogens is 5. The van der Waals surface area contributed by atoms with Crippen molar-refractivity contribution in [2.24, 2.45) is 0 Å². The van der Waals surface area contributed by atoms with Crippen LogP contribution in [0.5, 0.6) is 0 Å². The Morgan fingerprint density at radius 3 is 1.48 bits per heavy atom. The number of alkyl halides is 5. The van der Waals surface area contributed by atoms with Gasteiger partial charge in [0.2, 0.25) is 0 Å². The Balaban J connectivity index is 0. The zero-order valence-electron chi connectivity index (χ0n) is 15.5. The molecule has 0 saturated heterocycles. The number of hydrogen-bond acceptors (Lipinski definition) is 3. The third-order valence-corrected chi connectivity index (χ3v) is 5.49. The van der Waals surface area contributed by atoms with Gasteiger partial charge in [-0.3, -0.25) is 0 Å². The Kier molecular flexibility index (Phi) is 11.4. The fourth-order valence-corrected chi connectivity index (χ4v) is 2.72. The van der Waals surface area contributed by atoms with Crippen LogP contribution in [-0.2, 0) is 10.1 Å². The van der Waals surface area contributed by atoms with Crippen LogP contribution in [0.25, 0.3) is 0 Å². The van der Waals surface area contributed by atoms with Gasteiger partial charge in [0.05, 0.1) is 26.2 Å². The average molecular weight is 399 g/mol. The highest BCUT2D eigenvalue weighted by Crippen LogP contribution is 2.43. The molecule has 0 saturated carbocycles. The third-order valence-electron chi connectivity index (χ3n) is 4.59. The van der Waals surface area contributed by atoms with E-state index in [1.165, 1.54) is 37.6 Å². The van der Waals surface area contributed by atoms with Crippen molar-refractivity contribution in [2.75, 3.05) is 26.2 Å². The van der Waals surface area contributed by atoms with E-state index in [0.717, 1.165) is 0 Å². The second-order valence-corrected chi connectivity index (χ2v) is 7.23. The molecule has 0 N–H and O–H groups in total. The first kappa shape index (κ1) is 26.7. The van der Waals surface area contributed by atoms with Gasteiger partial charge in [0.15, 0.2) is 16.3 Å². The topological polar surface area (TPSA) is 57.2 Å². The molecule has 0 aliphatic heterocycles. The summed E-state index contributed by atoms with van der Waals surface area (Å²) < 4.78 is 94.2. The smallest absolute Gasteiger partial charge is 0.399 e. The van der Waals surface area contributed by atoms with E-state index in [9.17, 15) is 34.9 Å². The van der Waals surface area contributed by atoms with Crippen LogP contribution >= 0.6 is 0 Å². The van der Waals surface area contributed by atoms with E-state index in [-0.39, 0.29) is 12.8 Å². The zero-order chi connectivity index (χ0) is 20.5. The minimum atomic E-state index is -6.60. The second kappa shape index (κ2) is 10.6. The van der Waals surface area contributed by atoms with Crippen molar-refractivity contribution in [3.05, 3.63) is 0 Å². The lowest BCUT2D eigenvalue weighted by Gasteiger charge is -2.34. The molecule has 0 rings (SSSR count). The van der Waals surface area contributed by atoms with Crippen LogP contribution < -0.4 is 0 Å². The lowest BCUT2D eigenvalue weighted by molar-refractivity contribution is -0.921. The van der Waals surface area contributed by atoms with Gasteiger partial charge in [-0.25, -0.2) is 12.8 Å². The van der Waals surface area contributed by atoms with Gasteiger partial charge in [-0.15, -0.1) is 0 Å². The average Bonchev–Trinajstić information content (AvgIpc) is 2.54. The molecule has 0 radical (unpaired) electrons. The van der Waals surface area contributed by atoms with E-state index < -0.39 is 33.9 Å². The van der Waals surface area contributed by atoms with Crippen molar-refractivity contribution in [3.63, 3.8) is 0 Å². The van der Waals surface area contributed by atoms with Crippen molar-refractivity contribution >= 4 is 10.1 Å². The first-order chi connectivity index (χ1) is 11.2. The molecule has 0 amide bonds. The Labute approximate surface area is 147 Å². The molecule has 1 atom stereocenters. The second-order valence-electron chi connectivity index (χ2n) is 5.81. The van der Waals surface area contributed by atoms with Crippen LogP contribution in [-0.4, -0.2) is 61.0 Å². The van der Waals surface area contributed by atoms with Gasteiger partial charge in [0, 0.05) is 0 Å². The molecule has 0 aromatic heterocycles. The van der Waals surface area contributed by atoms with Crippen LogP contribution in [0, 0.1) is 0 Å². The summed E-state index contributed by atoms with van der Waals surface area (Å²) in [6, 6.07) is 0. The summed E-state index contributed by atoms with van der Waals surface area (Å²) in [5, 5.41) is -5.94. The number of unbranched alkanes of at least 4 members (excludes halogenated alkanes) is 1. The molecule has 0 aromatic rings. The van der Waals surface area contributed by atoms with Gasteiger partial charge in [-0.1, -0.05) is 19.8 Å². The van der Waals surface area contributed by atoms with Crippen molar-refractivity contribution in [1.82, 2.24) is 0 Å². The molecule has 0 aliphatic rings. The minimum Gasteiger partial charge on any atom is -0.743 e. The van der Waals surface area contributed by atoms with Crippen molar-refractivity contribution in [2.45, 2.75) is 71.2 Å². The summed E-state index contributed by atoms with van der Waals surface area (Å²) in [6.07, 6.45) is -4.15. The summed E-state index contributed by atoms with van der Waals surface area (Å²) in [6.45, 7) is 15.7. The summed E-state index contributed by atoms with van der Waals surface area (Å²) in [5.41, 5.74) is 0. The maximum absolute atomic E-state index is 12.8. The number of hydrogen-bond donors (Lipinski definition) is 0.